The molecular formula is C8H9N3O3. The number of pyridine rings is 1. The molecule has 1 aliphatic rings. The van der Waals surface area contributed by atoms with Crippen molar-refractivity contribution in [3.8, 4) is 0 Å². The van der Waals surface area contributed by atoms with Crippen LogP contribution in [0.2, 0.25) is 0 Å². The quantitative estimate of drug-likeness (QED) is 0.537. The summed E-state index contributed by atoms with van der Waals surface area (Å²) < 4.78 is 0. The lowest BCUT2D eigenvalue weighted by molar-refractivity contribution is -0.389. The van der Waals surface area contributed by atoms with Crippen LogP contribution in [-0.4, -0.2) is 34.2 Å². The lowest BCUT2D eigenvalue weighted by Gasteiger charge is -2.36. The first-order valence-corrected chi connectivity index (χ1v) is 4.20. The highest BCUT2D eigenvalue weighted by Gasteiger charge is 2.25. The predicted molar refractivity (Wildman–Crippen MR) is 49.1 cm³/mol. The van der Waals surface area contributed by atoms with Crippen LogP contribution in [0.4, 0.5) is 11.5 Å². The van der Waals surface area contributed by atoms with Gasteiger partial charge in [0.05, 0.1) is 11.8 Å². The van der Waals surface area contributed by atoms with E-state index in [1.807, 2.05) is 4.90 Å². The predicted octanol–water partition coefficient (Wildman–Crippen LogP) is 0.171. The minimum atomic E-state index is -0.533. The Hall–Kier alpha value is -1.69. The Kier molecular flexibility index (Phi) is 2.05. The zero-order valence-corrected chi connectivity index (χ0v) is 7.33. The molecule has 1 aromatic heterocycles. The standard InChI is InChI=1S/C8H9N3O3/c12-7-4-10(5-7)6-1-2-8(9-3-6)11(13)14/h1-3,7,12H,4-5H2. The fraction of sp³-hybridized carbons (Fsp3) is 0.375. The van der Waals surface area contributed by atoms with Crippen LogP contribution in [0.1, 0.15) is 0 Å². The third-order valence-electron chi connectivity index (χ3n) is 2.15. The van der Waals surface area contributed by atoms with Gasteiger partial charge < -0.3 is 20.1 Å². The smallest absolute Gasteiger partial charge is 0.363 e. The molecule has 2 rings (SSSR count). The van der Waals surface area contributed by atoms with Crippen molar-refractivity contribution >= 4 is 11.5 Å². The van der Waals surface area contributed by atoms with Crippen LogP contribution in [0.15, 0.2) is 18.3 Å². The molecule has 0 spiro atoms. The van der Waals surface area contributed by atoms with E-state index in [1.54, 1.807) is 6.07 Å². The molecule has 74 valence electrons. The van der Waals surface area contributed by atoms with E-state index in [1.165, 1.54) is 12.3 Å². The van der Waals surface area contributed by atoms with Crippen molar-refractivity contribution in [3.63, 3.8) is 0 Å². The van der Waals surface area contributed by atoms with E-state index in [0.717, 1.165) is 5.69 Å². The largest absolute Gasteiger partial charge is 0.389 e. The molecule has 6 heteroatoms. The maximum absolute atomic E-state index is 10.3. The molecule has 14 heavy (non-hydrogen) atoms. The molecule has 0 unspecified atom stereocenters. The summed E-state index contributed by atoms with van der Waals surface area (Å²) in [5.74, 6) is -0.158. The summed E-state index contributed by atoms with van der Waals surface area (Å²) in [6.45, 7) is 1.14. The molecule has 1 N–H and O–H groups in total. The number of hydrogen-bond donors (Lipinski definition) is 1. The van der Waals surface area contributed by atoms with Crippen LogP contribution in [-0.2, 0) is 0 Å². The van der Waals surface area contributed by atoms with Gasteiger partial charge in [0.1, 0.15) is 0 Å². The molecule has 0 bridgehead atoms. The highest BCUT2D eigenvalue weighted by molar-refractivity contribution is 5.49. The number of β-amino-alcohol motifs (C(OH)–C–C–N with tert-alkyl or cyclic N) is 1. The molecule has 0 aliphatic carbocycles. The number of anilines is 1. The molecule has 2 heterocycles. The highest BCUT2D eigenvalue weighted by Crippen LogP contribution is 2.21. The average Bonchev–Trinajstić information content (AvgIpc) is 2.13. The van der Waals surface area contributed by atoms with E-state index in [2.05, 4.69) is 4.98 Å². The highest BCUT2D eigenvalue weighted by atomic mass is 16.6. The van der Waals surface area contributed by atoms with Gasteiger partial charge in [-0.1, -0.05) is 0 Å². The summed E-state index contributed by atoms with van der Waals surface area (Å²) in [6, 6.07) is 3.00. The van der Waals surface area contributed by atoms with Crippen molar-refractivity contribution in [3.05, 3.63) is 28.4 Å². The molecule has 1 aliphatic heterocycles. The molecule has 1 fully saturated rings. The zero-order valence-electron chi connectivity index (χ0n) is 7.33. The fourth-order valence-electron chi connectivity index (χ4n) is 1.34. The fourth-order valence-corrected chi connectivity index (χ4v) is 1.34. The minimum Gasteiger partial charge on any atom is -0.389 e. The average molecular weight is 195 g/mol. The van der Waals surface area contributed by atoms with Crippen molar-refractivity contribution in [2.24, 2.45) is 0 Å². The maximum Gasteiger partial charge on any atom is 0.363 e. The Balaban J connectivity index is 2.10. The molecule has 0 aromatic carbocycles. The summed E-state index contributed by atoms with van der Waals surface area (Å²) in [4.78, 5) is 15.4. The van der Waals surface area contributed by atoms with E-state index >= 15 is 0 Å². The lowest BCUT2D eigenvalue weighted by atomic mass is 10.1. The van der Waals surface area contributed by atoms with Gasteiger partial charge in [-0.15, -0.1) is 0 Å². The third-order valence-corrected chi connectivity index (χ3v) is 2.15. The van der Waals surface area contributed by atoms with Crippen molar-refractivity contribution in [2.45, 2.75) is 6.10 Å². The molecule has 0 radical (unpaired) electrons. The topological polar surface area (TPSA) is 79.5 Å². The summed E-state index contributed by atoms with van der Waals surface area (Å²) in [5, 5.41) is 19.4. The summed E-state index contributed by atoms with van der Waals surface area (Å²) in [7, 11) is 0. The molecule has 0 saturated carbocycles. The number of hydrogen-bond acceptors (Lipinski definition) is 5. The first-order valence-electron chi connectivity index (χ1n) is 4.20. The molecule has 6 nitrogen and oxygen atoms in total. The van der Waals surface area contributed by atoms with Gasteiger partial charge in [-0.25, -0.2) is 0 Å². The summed E-state index contributed by atoms with van der Waals surface area (Å²) >= 11 is 0. The Morgan fingerprint density at radius 2 is 2.29 bits per heavy atom. The van der Waals surface area contributed by atoms with Crippen molar-refractivity contribution in [1.82, 2.24) is 4.98 Å². The second kappa shape index (κ2) is 3.22. The number of nitrogens with zero attached hydrogens (tertiary/aromatic N) is 3. The van der Waals surface area contributed by atoms with Gasteiger partial charge in [-0.2, -0.15) is 0 Å². The minimum absolute atomic E-state index is 0.158. The van der Waals surface area contributed by atoms with Crippen LogP contribution in [0.25, 0.3) is 0 Å². The van der Waals surface area contributed by atoms with Crippen molar-refractivity contribution in [1.29, 1.82) is 0 Å². The van der Waals surface area contributed by atoms with E-state index in [4.69, 9.17) is 5.11 Å². The molecule has 0 amide bonds. The second-order valence-corrected chi connectivity index (χ2v) is 3.19. The third kappa shape index (κ3) is 1.51. The van der Waals surface area contributed by atoms with Crippen LogP contribution < -0.4 is 4.90 Å². The number of rotatable bonds is 2. The molecular weight excluding hydrogens is 186 g/mol. The number of aliphatic hydroxyl groups excluding tert-OH is 1. The van der Waals surface area contributed by atoms with Crippen LogP contribution in [0.5, 0.6) is 0 Å². The Labute approximate surface area is 79.9 Å². The Morgan fingerprint density at radius 3 is 2.71 bits per heavy atom. The van der Waals surface area contributed by atoms with Gasteiger partial charge >= 0.3 is 5.82 Å². The SMILES string of the molecule is O=[N+]([O-])c1ccc(N2CC(O)C2)cn1. The van der Waals surface area contributed by atoms with Gasteiger partial charge in [-0.05, 0) is 16.0 Å². The van der Waals surface area contributed by atoms with Gasteiger partial charge in [0, 0.05) is 19.2 Å². The van der Waals surface area contributed by atoms with Gasteiger partial charge in [0.15, 0.2) is 6.20 Å². The molecule has 1 aromatic rings. The Morgan fingerprint density at radius 1 is 1.57 bits per heavy atom. The monoisotopic (exact) mass is 195 g/mol. The normalized spacial score (nSPS) is 16.5. The van der Waals surface area contributed by atoms with Crippen LogP contribution >= 0.6 is 0 Å². The number of aromatic nitrogens is 1. The second-order valence-electron chi connectivity index (χ2n) is 3.19. The maximum atomic E-state index is 10.3. The van der Waals surface area contributed by atoms with E-state index in [9.17, 15) is 10.1 Å². The van der Waals surface area contributed by atoms with Crippen LogP contribution in [0, 0.1) is 10.1 Å². The summed E-state index contributed by atoms with van der Waals surface area (Å²) in [6.07, 6.45) is 1.16. The molecule has 0 atom stereocenters. The van der Waals surface area contributed by atoms with Gasteiger partial charge in [0.25, 0.3) is 0 Å². The number of nitro groups is 1. The Bertz CT molecular complexity index is 345. The zero-order chi connectivity index (χ0) is 10.1. The summed E-state index contributed by atoms with van der Waals surface area (Å²) in [5.41, 5.74) is 0.806. The number of aliphatic hydroxyl groups is 1. The first-order chi connectivity index (χ1) is 6.66. The van der Waals surface area contributed by atoms with Crippen molar-refractivity contribution < 1.29 is 10.0 Å². The van der Waals surface area contributed by atoms with Gasteiger partial charge in [0.2, 0.25) is 0 Å². The van der Waals surface area contributed by atoms with Crippen LogP contribution in [0.3, 0.4) is 0 Å². The van der Waals surface area contributed by atoms with Gasteiger partial charge in [-0.3, -0.25) is 0 Å². The van der Waals surface area contributed by atoms with E-state index in [0.29, 0.717) is 13.1 Å². The van der Waals surface area contributed by atoms with E-state index in [-0.39, 0.29) is 11.9 Å². The molecule has 1 saturated heterocycles. The first kappa shape index (κ1) is 8.89. The lowest BCUT2D eigenvalue weighted by Crippen LogP contribution is -2.50. The van der Waals surface area contributed by atoms with E-state index < -0.39 is 4.92 Å². The van der Waals surface area contributed by atoms with Crippen molar-refractivity contribution in [2.75, 3.05) is 18.0 Å².